The van der Waals surface area contributed by atoms with Crippen LogP contribution in [0, 0.1) is 13.8 Å². The molecule has 0 radical (unpaired) electrons. The minimum atomic E-state index is 0.0471. The van der Waals surface area contributed by atoms with Gasteiger partial charge in [0.1, 0.15) is 0 Å². The van der Waals surface area contributed by atoms with Crippen molar-refractivity contribution in [3.8, 4) is 0 Å². The second-order valence-corrected chi connectivity index (χ2v) is 8.71. The Bertz CT molecular complexity index is 906. The highest BCUT2D eigenvalue weighted by Gasteiger charge is 2.15. The van der Waals surface area contributed by atoms with Gasteiger partial charge in [0.25, 0.3) is 0 Å². The van der Waals surface area contributed by atoms with Crippen LogP contribution in [0.4, 0.5) is 0 Å². The SMILES string of the molecule is Cc1ccc(S/C(=C/c2sccc2C)C(=O)c2ccc(Br)cc2)cc1. The van der Waals surface area contributed by atoms with Crippen LogP contribution in [0.2, 0.25) is 0 Å². The molecule has 0 aliphatic carbocycles. The Morgan fingerprint density at radius 1 is 1.00 bits per heavy atom. The number of ketones is 1. The van der Waals surface area contributed by atoms with Crippen LogP contribution in [0.1, 0.15) is 26.4 Å². The quantitative estimate of drug-likeness (QED) is 0.244. The standard InChI is InChI=1S/C21H17BrOS2/c1-14-3-9-18(10-4-14)25-20(13-19-15(2)11-12-24-19)21(23)16-5-7-17(22)8-6-16/h3-13H,1-2H3/b20-13+. The number of hydrogen-bond donors (Lipinski definition) is 0. The summed E-state index contributed by atoms with van der Waals surface area (Å²) in [7, 11) is 0. The van der Waals surface area contributed by atoms with E-state index >= 15 is 0 Å². The smallest absolute Gasteiger partial charge is 0.199 e. The predicted molar refractivity (Wildman–Crippen MR) is 113 cm³/mol. The van der Waals surface area contributed by atoms with E-state index in [0.29, 0.717) is 5.56 Å². The lowest BCUT2D eigenvalue weighted by atomic mass is 10.1. The van der Waals surface area contributed by atoms with Crippen molar-refractivity contribution in [2.75, 3.05) is 0 Å². The number of carbonyl (C=O) groups is 1. The van der Waals surface area contributed by atoms with Gasteiger partial charge in [-0.05, 0) is 73.3 Å². The highest BCUT2D eigenvalue weighted by molar-refractivity contribution is 9.10. The lowest BCUT2D eigenvalue weighted by Crippen LogP contribution is -2.00. The molecule has 0 aliphatic heterocycles. The monoisotopic (exact) mass is 428 g/mol. The normalized spacial score (nSPS) is 11.6. The van der Waals surface area contributed by atoms with Crippen molar-refractivity contribution in [1.82, 2.24) is 0 Å². The maximum atomic E-state index is 13.1. The van der Waals surface area contributed by atoms with Crippen molar-refractivity contribution in [2.24, 2.45) is 0 Å². The largest absolute Gasteiger partial charge is 0.288 e. The average molecular weight is 429 g/mol. The molecule has 4 heteroatoms. The van der Waals surface area contributed by atoms with Crippen molar-refractivity contribution in [3.63, 3.8) is 0 Å². The maximum absolute atomic E-state index is 13.1. The molecular weight excluding hydrogens is 412 g/mol. The first kappa shape index (κ1) is 18.2. The molecule has 0 atom stereocenters. The highest BCUT2D eigenvalue weighted by Crippen LogP contribution is 2.33. The van der Waals surface area contributed by atoms with Gasteiger partial charge in [-0.1, -0.05) is 45.4 Å². The average Bonchev–Trinajstić information content (AvgIpc) is 3.01. The number of allylic oxidation sites excluding steroid dienone is 1. The van der Waals surface area contributed by atoms with E-state index in [-0.39, 0.29) is 5.78 Å². The summed E-state index contributed by atoms with van der Waals surface area (Å²) >= 11 is 6.60. The summed E-state index contributed by atoms with van der Waals surface area (Å²) in [5, 5.41) is 2.05. The van der Waals surface area contributed by atoms with Crippen LogP contribution in [0.3, 0.4) is 0 Å². The van der Waals surface area contributed by atoms with Crippen LogP contribution < -0.4 is 0 Å². The summed E-state index contributed by atoms with van der Waals surface area (Å²) < 4.78 is 0.967. The third-order valence-corrected chi connectivity index (χ3v) is 6.27. The lowest BCUT2D eigenvalue weighted by molar-refractivity contribution is 0.104. The van der Waals surface area contributed by atoms with Crippen LogP contribution in [-0.2, 0) is 0 Å². The Morgan fingerprint density at radius 3 is 2.28 bits per heavy atom. The van der Waals surface area contributed by atoms with Gasteiger partial charge in [-0.3, -0.25) is 4.79 Å². The molecule has 0 amide bonds. The van der Waals surface area contributed by atoms with Crippen molar-refractivity contribution in [1.29, 1.82) is 0 Å². The van der Waals surface area contributed by atoms with E-state index in [0.717, 1.165) is 19.2 Å². The number of Topliss-reactive ketones (excluding diaryl/α,β-unsaturated/α-hetero) is 1. The van der Waals surface area contributed by atoms with E-state index < -0.39 is 0 Å². The molecule has 2 aromatic carbocycles. The van der Waals surface area contributed by atoms with Crippen molar-refractivity contribution in [2.45, 2.75) is 18.7 Å². The molecule has 3 aromatic rings. The summed E-state index contributed by atoms with van der Waals surface area (Å²) in [4.78, 5) is 16.0. The van der Waals surface area contributed by atoms with Gasteiger partial charge in [-0.25, -0.2) is 0 Å². The summed E-state index contributed by atoms with van der Waals surface area (Å²) in [6.45, 7) is 4.13. The topological polar surface area (TPSA) is 17.1 Å². The van der Waals surface area contributed by atoms with Crippen LogP contribution in [-0.4, -0.2) is 5.78 Å². The minimum absolute atomic E-state index is 0.0471. The highest BCUT2D eigenvalue weighted by atomic mass is 79.9. The molecule has 0 N–H and O–H groups in total. The number of thioether (sulfide) groups is 1. The second kappa shape index (κ2) is 8.17. The number of hydrogen-bond acceptors (Lipinski definition) is 3. The summed E-state index contributed by atoms with van der Waals surface area (Å²) in [5.41, 5.74) is 3.10. The molecule has 0 unspecified atom stereocenters. The fourth-order valence-electron chi connectivity index (χ4n) is 2.27. The molecule has 1 nitrogen and oxygen atoms in total. The zero-order chi connectivity index (χ0) is 17.8. The third kappa shape index (κ3) is 4.72. The van der Waals surface area contributed by atoms with E-state index in [2.05, 4.69) is 65.5 Å². The fourth-order valence-corrected chi connectivity index (χ4v) is 4.38. The van der Waals surface area contributed by atoms with Crippen molar-refractivity contribution >= 4 is 50.9 Å². The Hall–Kier alpha value is -1.62. The summed E-state index contributed by atoms with van der Waals surface area (Å²) in [5.74, 6) is 0.0471. The van der Waals surface area contributed by atoms with E-state index in [9.17, 15) is 4.79 Å². The first-order valence-electron chi connectivity index (χ1n) is 7.83. The fraction of sp³-hybridized carbons (Fsp3) is 0.0952. The molecular formula is C21H17BrOS2. The van der Waals surface area contributed by atoms with Gasteiger partial charge in [0.2, 0.25) is 0 Å². The van der Waals surface area contributed by atoms with Crippen molar-refractivity contribution < 1.29 is 4.79 Å². The summed E-state index contributed by atoms with van der Waals surface area (Å²) in [6.07, 6.45) is 2.01. The number of aryl methyl sites for hydroxylation is 2. The van der Waals surface area contributed by atoms with Crippen molar-refractivity contribution in [3.05, 3.63) is 90.9 Å². The third-order valence-electron chi connectivity index (χ3n) is 3.74. The number of thiophene rings is 1. The molecule has 0 aliphatic rings. The molecule has 1 heterocycles. The molecule has 0 spiro atoms. The first-order valence-corrected chi connectivity index (χ1v) is 10.3. The first-order chi connectivity index (χ1) is 12.0. The van der Waals surface area contributed by atoms with Gasteiger partial charge in [0.15, 0.2) is 5.78 Å². The zero-order valence-corrected chi connectivity index (χ0v) is 17.2. The summed E-state index contributed by atoms with van der Waals surface area (Å²) in [6, 6.07) is 17.9. The molecule has 0 saturated carbocycles. The van der Waals surface area contributed by atoms with Crippen LogP contribution >= 0.6 is 39.0 Å². The number of carbonyl (C=O) groups excluding carboxylic acids is 1. The van der Waals surface area contributed by atoms with E-state index in [1.54, 1.807) is 11.3 Å². The number of halogens is 1. The molecule has 0 saturated heterocycles. The van der Waals surface area contributed by atoms with Crippen LogP contribution in [0.5, 0.6) is 0 Å². The van der Waals surface area contributed by atoms with Gasteiger partial charge in [-0.2, -0.15) is 0 Å². The van der Waals surface area contributed by atoms with E-state index in [4.69, 9.17) is 0 Å². The molecule has 25 heavy (non-hydrogen) atoms. The lowest BCUT2D eigenvalue weighted by Gasteiger charge is -2.08. The van der Waals surface area contributed by atoms with E-state index in [1.807, 2.05) is 30.3 Å². The van der Waals surface area contributed by atoms with Crippen LogP contribution in [0.15, 0.2) is 74.3 Å². The second-order valence-electron chi connectivity index (χ2n) is 5.73. The van der Waals surface area contributed by atoms with Gasteiger partial charge in [0.05, 0.1) is 4.91 Å². The molecule has 3 rings (SSSR count). The van der Waals surface area contributed by atoms with Gasteiger partial charge < -0.3 is 0 Å². The minimum Gasteiger partial charge on any atom is -0.288 e. The Balaban J connectivity index is 1.97. The zero-order valence-electron chi connectivity index (χ0n) is 14.0. The Kier molecular flexibility index (Phi) is 5.94. The molecule has 0 fully saturated rings. The molecule has 126 valence electrons. The van der Waals surface area contributed by atoms with Gasteiger partial charge in [0, 0.05) is 19.8 Å². The molecule has 1 aromatic heterocycles. The predicted octanol–water partition coefficient (Wildman–Crippen LogP) is 7.14. The number of benzene rings is 2. The Labute approximate surface area is 164 Å². The molecule has 0 bridgehead atoms. The van der Waals surface area contributed by atoms with Gasteiger partial charge in [-0.15, -0.1) is 11.3 Å². The maximum Gasteiger partial charge on any atom is 0.199 e. The van der Waals surface area contributed by atoms with Crippen LogP contribution in [0.25, 0.3) is 6.08 Å². The van der Waals surface area contributed by atoms with Gasteiger partial charge >= 0.3 is 0 Å². The van der Waals surface area contributed by atoms with E-state index in [1.165, 1.54) is 22.9 Å². The number of rotatable bonds is 5. The Morgan fingerprint density at radius 2 is 1.68 bits per heavy atom.